The average Bonchev–Trinajstić information content (AvgIpc) is 3.12. The van der Waals surface area contributed by atoms with E-state index in [1.165, 1.54) is 24.3 Å². The molecule has 0 fully saturated rings. The van der Waals surface area contributed by atoms with E-state index in [2.05, 4.69) is 0 Å². The van der Waals surface area contributed by atoms with Gasteiger partial charge in [0.15, 0.2) is 11.2 Å². The Morgan fingerprint density at radius 2 is 0.620 bits per heavy atom. The molecule has 0 N–H and O–H groups in total. The van der Waals surface area contributed by atoms with Crippen LogP contribution in [0.5, 0.6) is 23.0 Å². The number of rotatable bonds is 5. The smallest absolute Gasteiger partial charge is 0.416 e. The molecule has 0 bridgehead atoms. The van der Waals surface area contributed by atoms with Gasteiger partial charge in [0.1, 0.15) is 23.0 Å². The van der Waals surface area contributed by atoms with Gasteiger partial charge in [-0.25, -0.2) is 9.78 Å². The molecule has 10 heteroatoms. The Balaban J connectivity index is 1.40. The molecule has 4 nitrogen and oxygen atoms in total. The Kier molecular flexibility index (Phi) is 7.29. The van der Waals surface area contributed by atoms with Gasteiger partial charge in [0.05, 0.1) is 11.1 Å². The molecule has 0 spiro atoms. The monoisotopic (exact) mass is 682 g/mol. The highest BCUT2D eigenvalue weighted by Crippen LogP contribution is 2.57. The van der Waals surface area contributed by atoms with Crippen molar-refractivity contribution in [3.8, 4) is 23.0 Å². The molecule has 2 heterocycles. The molecule has 0 unspecified atom stereocenters. The lowest BCUT2D eigenvalue weighted by atomic mass is 9.77. The van der Waals surface area contributed by atoms with Crippen molar-refractivity contribution in [1.29, 1.82) is 0 Å². The Morgan fingerprint density at radius 1 is 0.360 bits per heavy atom. The predicted molar refractivity (Wildman–Crippen MR) is 171 cm³/mol. The fourth-order valence-electron chi connectivity index (χ4n) is 6.72. The number of hydrogen-bond acceptors (Lipinski definition) is 4. The summed E-state index contributed by atoms with van der Waals surface area (Å²) in [5.74, 6) is 1.47. The minimum Gasteiger partial charge on any atom is -0.457 e. The first-order valence-electron chi connectivity index (χ1n) is 15.5. The maximum Gasteiger partial charge on any atom is 0.416 e. The fourth-order valence-corrected chi connectivity index (χ4v) is 6.72. The van der Waals surface area contributed by atoms with Gasteiger partial charge in [0, 0.05) is 22.3 Å². The first kappa shape index (κ1) is 31.7. The molecule has 2 aliphatic heterocycles. The average molecular weight is 683 g/mol. The second-order valence-corrected chi connectivity index (χ2v) is 11.9. The minimum absolute atomic E-state index is 0.282. The second-order valence-electron chi connectivity index (χ2n) is 11.9. The van der Waals surface area contributed by atoms with Gasteiger partial charge in [0.2, 0.25) is 0 Å². The third kappa shape index (κ3) is 4.94. The molecule has 0 amide bonds. The van der Waals surface area contributed by atoms with E-state index in [-0.39, 0.29) is 11.1 Å². The van der Waals surface area contributed by atoms with Gasteiger partial charge in [-0.05, 0) is 59.7 Å². The van der Waals surface area contributed by atoms with Crippen molar-refractivity contribution < 1.29 is 45.6 Å². The molecule has 0 atom stereocenters. The number of ether oxygens (including phenoxy) is 2. The number of hydrogen-bond donors (Lipinski definition) is 0. The van der Waals surface area contributed by atoms with E-state index in [4.69, 9.17) is 19.2 Å². The van der Waals surface area contributed by atoms with Crippen LogP contribution >= 0.6 is 0 Å². The molecule has 6 aromatic carbocycles. The third-order valence-corrected chi connectivity index (χ3v) is 9.03. The van der Waals surface area contributed by atoms with Gasteiger partial charge in [-0.3, -0.25) is 0 Å². The van der Waals surface area contributed by atoms with Crippen molar-refractivity contribution in [3.63, 3.8) is 0 Å². The first-order chi connectivity index (χ1) is 24.0. The molecule has 8 rings (SSSR count). The molecule has 2 aliphatic rings. The van der Waals surface area contributed by atoms with Crippen LogP contribution in [0.15, 0.2) is 146 Å². The zero-order valence-electron chi connectivity index (χ0n) is 25.8. The van der Waals surface area contributed by atoms with Gasteiger partial charge < -0.3 is 9.47 Å². The number of alkyl halides is 6. The quantitative estimate of drug-likeness (QED) is 0.103. The van der Waals surface area contributed by atoms with Crippen LogP contribution in [-0.2, 0) is 33.3 Å². The maximum atomic E-state index is 13.8. The maximum absolute atomic E-state index is 13.8. The van der Waals surface area contributed by atoms with E-state index < -0.39 is 34.7 Å². The summed E-state index contributed by atoms with van der Waals surface area (Å²) in [5.41, 5.74) is -2.93. The van der Waals surface area contributed by atoms with Crippen LogP contribution in [0.25, 0.3) is 0 Å². The topological polar surface area (TPSA) is 36.9 Å². The minimum atomic E-state index is -4.60. The lowest BCUT2D eigenvalue weighted by Crippen LogP contribution is -2.42. The van der Waals surface area contributed by atoms with E-state index in [0.717, 1.165) is 24.3 Å². The number of para-hydroxylation sites is 4. The van der Waals surface area contributed by atoms with Crippen LogP contribution in [0.2, 0.25) is 0 Å². The molecular formula is C40H24F6O4. The van der Waals surface area contributed by atoms with Gasteiger partial charge in [-0.15, -0.1) is 0 Å². The Morgan fingerprint density at radius 3 is 0.880 bits per heavy atom. The highest BCUT2D eigenvalue weighted by molar-refractivity contribution is 5.63. The summed E-state index contributed by atoms with van der Waals surface area (Å²) in [6.45, 7) is 0. The molecule has 0 saturated heterocycles. The molecule has 0 radical (unpaired) electrons. The Hall–Kier alpha value is -5.58. The second kappa shape index (κ2) is 11.5. The van der Waals surface area contributed by atoms with E-state index in [1.807, 2.05) is 0 Å². The molecule has 50 heavy (non-hydrogen) atoms. The number of halogens is 6. The third-order valence-electron chi connectivity index (χ3n) is 9.03. The van der Waals surface area contributed by atoms with Gasteiger partial charge in [0.25, 0.3) is 0 Å². The van der Waals surface area contributed by atoms with Crippen LogP contribution in [0.4, 0.5) is 26.3 Å². The fraction of sp³-hybridized carbons (Fsp3) is 0.100. The van der Waals surface area contributed by atoms with Crippen LogP contribution < -0.4 is 9.47 Å². The molecule has 250 valence electrons. The zero-order valence-corrected chi connectivity index (χ0v) is 25.8. The summed E-state index contributed by atoms with van der Waals surface area (Å²) in [6, 6.07) is 36.8. The summed E-state index contributed by atoms with van der Waals surface area (Å²) in [7, 11) is 0. The van der Waals surface area contributed by atoms with Crippen molar-refractivity contribution in [2.75, 3.05) is 0 Å². The van der Waals surface area contributed by atoms with E-state index in [1.54, 1.807) is 97.1 Å². The van der Waals surface area contributed by atoms with E-state index in [9.17, 15) is 26.3 Å². The van der Waals surface area contributed by atoms with Crippen LogP contribution in [-0.4, -0.2) is 0 Å². The lowest BCUT2D eigenvalue weighted by molar-refractivity contribution is -0.389. The Labute approximate surface area is 282 Å². The standard InChI is InChI=1S/C40H24F6O4/c41-39(42,43)27-21-17-25(18-22-27)37(29-9-1-5-13-33(29)47-34-14-6-2-10-30(34)37)49-50-38(26-19-23-28(24-20-26)40(44,45)46)31-11-3-7-15-35(31)48-36-16-8-4-12-32(36)38/h1-24H. The molecule has 0 saturated carbocycles. The van der Waals surface area contributed by atoms with Crippen LogP contribution in [0, 0.1) is 0 Å². The van der Waals surface area contributed by atoms with Gasteiger partial charge in [-0.2, -0.15) is 26.3 Å². The molecule has 6 aromatic rings. The summed E-state index contributed by atoms with van der Waals surface area (Å²) in [6.07, 6.45) is -9.20. The number of benzene rings is 6. The van der Waals surface area contributed by atoms with Crippen molar-refractivity contribution in [2.24, 2.45) is 0 Å². The van der Waals surface area contributed by atoms with Crippen LogP contribution in [0.3, 0.4) is 0 Å². The van der Waals surface area contributed by atoms with Gasteiger partial charge in [-0.1, -0.05) is 97.1 Å². The predicted octanol–water partition coefficient (Wildman–Crippen LogP) is 11.2. The zero-order chi connectivity index (χ0) is 34.7. The first-order valence-corrected chi connectivity index (χ1v) is 15.5. The van der Waals surface area contributed by atoms with Crippen molar-refractivity contribution in [3.05, 3.63) is 190 Å². The van der Waals surface area contributed by atoms with Crippen LogP contribution in [0.1, 0.15) is 44.5 Å². The van der Waals surface area contributed by atoms with E-state index >= 15 is 0 Å². The van der Waals surface area contributed by atoms with Gasteiger partial charge >= 0.3 is 12.4 Å². The molecule has 0 aromatic heterocycles. The van der Waals surface area contributed by atoms with Crippen molar-refractivity contribution >= 4 is 0 Å². The molecule has 0 aliphatic carbocycles. The Bertz CT molecular complexity index is 1960. The van der Waals surface area contributed by atoms with Crippen molar-refractivity contribution in [1.82, 2.24) is 0 Å². The largest absolute Gasteiger partial charge is 0.457 e. The highest BCUT2D eigenvalue weighted by atomic mass is 19.4. The number of fused-ring (bicyclic) bond motifs is 4. The summed E-state index contributed by atoms with van der Waals surface area (Å²) in [4.78, 5) is 13.6. The highest BCUT2D eigenvalue weighted by Gasteiger charge is 2.52. The molecular weight excluding hydrogens is 658 g/mol. The SMILES string of the molecule is FC(F)(F)c1ccc(C2(OOC3(c4ccc(C(F)(F)F)cc4)c4ccccc4Oc4ccccc43)c3ccccc3Oc3ccccc32)cc1. The van der Waals surface area contributed by atoms with E-state index in [0.29, 0.717) is 45.3 Å². The lowest BCUT2D eigenvalue weighted by Gasteiger charge is -2.44. The summed E-state index contributed by atoms with van der Waals surface area (Å²) < 4.78 is 95.2. The summed E-state index contributed by atoms with van der Waals surface area (Å²) >= 11 is 0. The summed E-state index contributed by atoms with van der Waals surface area (Å²) in [5, 5.41) is 0. The van der Waals surface area contributed by atoms with Crippen molar-refractivity contribution in [2.45, 2.75) is 23.6 Å². The normalized spacial score (nSPS) is 15.4.